The van der Waals surface area contributed by atoms with Gasteiger partial charge in [0.1, 0.15) is 17.3 Å². The van der Waals surface area contributed by atoms with Crippen LogP contribution >= 0.6 is 11.3 Å². The van der Waals surface area contributed by atoms with E-state index >= 15 is 0 Å². The van der Waals surface area contributed by atoms with Gasteiger partial charge in [-0.1, -0.05) is 37.5 Å². The lowest BCUT2D eigenvalue weighted by molar-refractivity contribution is 0.102. The van der Waals surface area contributed by atoms with Crippen molar-refractivity contribution in [3.8, 4) is 16.6 Å². The predicted octanol–water partition coefficient (Wildman–Crippen LogP) is 6.01. The largest absolute Gasteiger partial charge is 0.497 e. The number of nitrogens with zero attached hydrogens (tertiary/aromatic N) is 3. The molecule has 4 rings (SSSR count). The number of rotatable bonds is 10. The maximum atomic E-state index is 12.9. The fourth-order valence-electron chi connectivity index (χ4n) is 3.45. The van der Waals surface area contributed by atoms with Gasteiger partial charge in [0.05, 0.1) is 29.6 Å². The summed E-state index contributed by atoms with van der Waals surface area (Å²) in [7, 11) is 1.64. The molecule has 0 bridgehead atoms. The highest BCUT2D eigenvalue weighted by atomic mass is 32.1. The first-order valence-electron chi connectivity index (χ1n) is 11.1. The number of anilines is 1. The number of hydrogen-bond donors (Lipinski definition) is 1. The van der Waals surface area contributed by atoms with E-state index in [-0.39, 0.29) is 5.91 Å². The molecule has 0 radical (unpaired) electrons. The van der Waals surface area contributed by atoms with E-state index in [0.717, 1.165) is 33.8 Å². The predicted molar refractivity (Wildman–Crippen MR) is 132 cm³/mol. The summed E-state index contributed by atoms with van der Waals surface area (Å²) in [6.45, 7) is 4.77. The van der Waals surface area contributed by atoms with Crippen molar-refractivity contribution in [2.45, 2.75) is 39.5 Å². The second-order valence-corrected chi connectivity index (χ2v) is 8.81. The van der Waals surface area contributed by atoms with Crippen molar-refractivity contribution in [3.63, 3.8) is 0 Å². The molecule has 8 heteroatoms. The van der Waals surface area contributed by atoms with Gasteiger partial charge in [-0.25, -0.2) is 4.98 Å². The number of ether oxygens (including phenoxy) is 2. The Hall–Kier alpha value is -3.39. The molecule has 0 spiro atoms. The Morgan fingerprint density at radius 1 is 1.06 bits per heavy atom. The highest BCUT2D eigenvalue weighted by molar-refractivity contribution is 7.20. The van der Waals surface area contributed by atoms with Crippen LogP contribution in [0.25, 0.3) is 15.3 Å². The standard InChI is InChI=1S/C25H28N4O3S/c1-4-5-6-7-14-32-19-10-8-18(9-11-19)24(30)27-23-15-17(2)28-29(23)25-26-21-13-12-20(31-3)16-22(21)33-25/h8-13,15-16H,4-7,14H2,1-3H3,(H,27,30). The number of aryl methyl sites for hydroxylation is 1. The summed E-state index contributed by atoms with van der Waals surface area (Å²) >= 11 is 1.49. The quantitative estimate of drug-likeness (QED) is 0.291. The monoisotopic (exact) mass is 464 g/mol. The lowest BCUT2D eigenvalue weighted by atomic mass is 10.2. The molecule has 2 heterocycles. The zero-order valence-electron chi connectivity index (χ0n) is 19.1. The van der Waals surface area contributed by atoms with Gasteiger partial charge >= 0.3 is 0 Å². The summed E-state index contributed by atoms with van der Waals surface area (Å²) < 4.78 is 13.7. The summed E-state index contributed by atoms with van der Waals surface area (Å²) in [5, 5.41) is 8.17. The molecular formula is C25H28N4O3S. The highest BCUT2D eigenvalue weighted by Crippen LogP contribution is 2.30. The fourth-order valence-corrected chi connectivity index (χ4v) is 4.41. The minimum Gasteiger partial charge on any atom is -0.497 e. The van der Waals surface area contributed by atoms with Gasteiger partial charge < -0.3 is 14.8 Å². The van der Waals surface area contributed by atoms with Crippen LogP contribution in [0, 0.1) is 6.92 Å². The van der Waals surface area contributed by atoms with Crippen molar-refractivity contribution in [3.05, 3.63) is 59.8 Å². The number of thiazole rings is 1. The Balaban J connectivity index is 1.46. The van der Waals surface area contributed by atoms with E-state index in [9.17, 15) is 4.79 Å². The first-order valence-corrected chi connectivity index (χ1v) is 11.9. The zero-order chi connectivity index (χ0) is 23.2. The Kier molecular flexibility index (Phi) is 7.24. The zero-order valence-corrected chi connectivity index (χ0v) is 19.9. The van der Waals surface area contributed by atoms with Crippen LogP contribution in [-0.4, -0.2) is 34.4 Å². The molecule has 0 saturated carbocycles. The Labute approximate surface area is 197 Å². The summed E-state index contributed by atoms with van der Waals surface area (Å²) in [6, 6.07) is 14.8. The van der Waals surface area contributed by atoms with Gasteiger partial charge in [0, 0.05) is 11.6 Å². The number of aromatic nitrogens is 3. The van der Waals surface area contributed by atoms with Crippen LogP contribution in [0.3, 0.4) is 0 Å². The topological polar surface area (TPSA) is 78.3 Å². The maximum Gasteiger partial charge on any atom is 0.256 e. The molecule has 4 aromatic rings. The van der Waals surface area contributed by atoms with Crippen molar-refractivity contribution in [1.82, 2.24) is 14.8 Å². The molecular weight excluding hydrogens is 436 g/mol. The molecule has 0 unspecified atom stereocenters. The van der Waals surface area contributed by atoms with E-state index in [1.807, 2.05) is 43.3 Å². The lowest BCUT2D eigenvalue weighted by Gasteiger charge is -2.08. The molecule has 2 aromatic carbocycles. The van der Waals surface area contributed by atoms with Crippen LogP contribution in [0.5, 0.6) is 11.5 Å². The van der Waals surface area contributed by atoms with Gasteiger partial charge in [-0.2, -0.15) is 9.78 Å². The Bertz CT molecular complexity index is 1230. The molecule has 0 saturated heterocycles. The number of unbranched alkanes of at least 4 members (excludes halogenated alkanes) is 3. The van der Waals surface area contributed by atoms with E-state index in [1.54, 1.807) is 23.9 Å². The second-order valence-electron chi connectivity index (χ2n) is 7.80. The van der Waals surface area contributed by atoms with E-state index in [0.29, 0.717) is 23.1 Å². The summed E-state index contributed by atoms with van der Waals surface area (Å²) in [4.78, 5) is 17.5. The Morgan fingerprint density at radius 3 is 2.61 bits per heavy atom. The molecule has 172 valence electrons. The number of fused-ring (bicyclic) bond motifs is 1. The van der Waals surface area contributed by atoms with Crippen molar-refractivity contribution in [1.29, 1.82) is 0 Å². The molecule has 0 aliphatic rings. The number of carbonyl (C=O) groups is 1. The van der Waals surface area contributed by atoms with Crippen molar-refractivity contribution >= 4 is 33.3 Å². The van der Waals surface area contributed by atoms with Crippen LogP contribution in [0.15, 0.2) is 48.5 Å². The van der Waals surface area contributed by atoms with E-state index in [4.69, 9.17) is 9.47 Å². The number of hydrogen-bond acceptors (Lipinski definition) is 6. The third kappa shape index (κ3) is 5.51. The van der Waals surface area contributed by atoms with E-state index < -0.39 is 0 Å². The molecule has 0 aliphatic carbocycles. The average molecular weight is 465 g/mol. The molecule has 33 heavy (non-hydrogen) atoms. The molecule has 1 N–H and O–H groups in total. The molecule has 0 fully saturated rings. The summed E-state index contributed by atoms with van der Waals surface area (Å²) in [5.41, 5.74) is 2.19. The van der Waals surface area contributed by atoms with E-state index in [2.05, 4.69) is 22.3 Å². The van der Waals surface area contributed by atoms with E-state index in [1.165, 1.54) is 30.6 Å². The molecule has 0 aliphatic heterocycles. The SMILES string of the molecule is CCCCCCOc1ccc(C(=O)Nc2cc(C)nn2-c2nc3ccc(OC)cc3s2)cc1. The normalized spacial score (nSPS) is 11.0. The van der Waals surface area contributed by atoms with Gasteiger partial charge in [-0.05, 0) is 55.8 Å². The van der Waals surface area contributed by atoms with Crippen LogP contribution in [0.2, 0.25) is 0 Å². The Morgan fingerprint density at radius 2 is 1.85 bits per heavy atom. The van der Waals surface area contributed by atoms with Crippen LogP contribution < -0.4 is 14.8 Å². The first-order chi connectivity index (χ1) is 16.1. The average Bonchev–Trinajstić information content (AvgIpc) is 3.41. The smallest absolute Gasteiger partial charge is 0.256 e. The molecule has 7 nitrogen and oxygen atoms in total. The molecule has 1 amide bonds. The van der Waals surface area contributed by atoms with Gasteiger partial charge in [0.15, 0.2) is 0 Å². The third-order valence-electron chi connectivity index (χ3n) is 5.22. The number of amides is 1. The number of nitrogens with one attached hydrogen (secondary N) is 1. The summed E-state index contributed by atoms with van der Waals surface area (Å²) in [6.07, 6.45) is 4.64. The van der Waals surface area contributed by atoms with Crippen LogP contribution in [0.1, 0.15) is 48.7 Å². The van der Waals surface area contributed by atoms with Gasteiger partial charge in [0.2, 0.25) is 5.13 Å². The fraction of sp³-hybridized carbons (Fsp3) is 0.320. The van der Waals surface area contributed by atoms with Gasteiger partial charge in [0.25, 0.3) is 5.91 Å². The van der Waals surface area contributed by atoms with Crippen molar-refractivity contribution in [2.75, 3.05) is 19.0 Å². The second kappa shape index (κ2) is 10.5. The number of methoxy groups -OCH3 is 1. The number of benzene rings is 2. The lowest BCUT2D eigenvalue weighted by Crippen LogP contribution is -2.15. The van der Waals surface area contributed by atoms with Crippen molar-refractivity contribution < 1.29 is 14.3 Å². The minimum absolute atomic E-state index is 0.214. The first kappa shape index (κ1) is 22.8. The highest BCUT2D eigenvalue weighted by Gasteiger charge is 2.16. The number of carbonyl (C=O) groups excluding carboxylic acids is 1. The minimum atomic E-state index is -0.214. The third-order valence-corrected chi connectivity index (χ3v) is 6.22. The van der Waals surface area contributed by atoms with Crippen LogP contribution in [-0.2, 0) is 0 Å². The van der Waals surface area contributed by atoms with Crippen molar-refractivity contribution in [2.24, 2.45) is 0 Å². The molecule has 2 aromatic heterocycles. The van der Waals surface area contributed by atoms with Crippen LogP contribution in [0.4, 0.5) is 5.82 Å². The maximum absolute atomic E-state index is 12.9. The van der Waals surface area contributed by atoms with Gasteiger partial charge in [-0.3, -0.25) is 4.79 Å². The summed E-state index contributed by atoms with van der Waals surface area (Å²) in [5.74, 6) is 1.90. The van der Waals surface area contributed by atoms with Gasteiger partial charge in [-0.15, -0.1) is 0 Å². The molecule has 0 atom stereocenters.